The average molecular weight is 235 g/mol. The lowest BCUT2D eigenvalue weighted by Gasteiger charge is -2.29. The molecule has 2 aliphatic rings. The molecule has 1 aliphatic carbocycles. The molecular weight excluding hydrogens is 214 g/mol. The van der Waals surface area contributed by atoms with Crippen molar-refractivity contribution in [2.75, 3.05) is 18.0 Å². The molecule has 1 saturated carbocycles. The van der Waals surface area contributed by atoms with Gasteiger partial charge in [-0.15, -0.1) is 5.10 Å². The lowest BCUT2D eigenvalue weighted by Crippen LogP contribution is -2.43. The highest BCUT2D eigenvalue weighted by Crippen LogP contribution is 2.32. The maximum Gasteiger partial charge on any atom is 0.244 e. The number of hydrogen-bond acceptors (Lipinski definition) is 4. The lowest BCUT2D eigenvalue weighted by molar-refractivity contribution is 0.500. The molecule has 3 rings (SSSR count). The van der Waals surface area contributed by atoms with Crippen molar-refractivity contribution in [3.63, 3.8) is 0 Å². The Bertz CT molecular complexity index is 369. The van der Waals surface area contributed by atoms with Gasteiger partial charge in [-0.3, -0.25) is 5.10 Å². The standard InChI is InChI=1S/C12H21N5/c13-10-6-3-7-17(8-10)12-14-11(15-16-12)9-4-1-2-5-9/h9-10H,1-8,13H2,(H,14,15,16). The smallest absolute Gasteiger partial charge is 0.244 e. The van der Waals surface area contributed by atoms with Gasteiger partial charge in [-0.05, 0) is 25.7 Å². The zero-order chi connectivity index (χ0) is 11.7. The molecule has 94 valence electrons. The van der Waals surface area contributed by atoms with Gasteiger partial charge in [-0.2, -0.15) is 4.98 Å². The Kier molecular flexibility index (Phi) is 3.01. The molecule has 1 atom stereocenters. The Labute approximate surface area is 102 Å². The second-order valence-electron chi connectivity index (χ2n) is 5.35. The van der Waals surface area contributed by atoms with Crippen LogP contribution in [0.3, 0.4) is 0 Å². The zero-order valence-electron chi connectivity index (χ0n) is 10.2. The van der Waals surface area contributed by atoms with Crippen LogP contribution in [0.25, 0.3) is 0 Å². The van der Waals surface area contributed by atoms with Gasteiger partial charge < -0.3 is 10.6 Å². The predicted octanol–water partition coefficient (Wildman–Crippen LogP) is 1.39. The van der Waals surface area contributed by atoms with Gasteiger partial charge in [0.05, 0.1) is 0 Å². The molecule has 17 heavy (non-hydrogen) atoms. The highest BCUT2D eigenvalue weighted by Gasteiger charge is 2.24. The second-order valence-corrected chi connectivity index (χ2v) is 5.35. The fourth-order valence-corrected chi connectivity index (χ4v) is 2.98. The van der Waals surface area contributed by atoms with E-state index >= 15 is 0 Å². The fraction of sp³-hybridized carbons (Fsp3) is 0.833. The summed E-state index contributed by atoms with van der Waals surface area (Å²) in [6.45, 7) is 1.93. The van der Waals surface area contributed by atoms with E-state index in [0.29, 0.717) is 5.92 Å². The summed E-state index contributed by atoms with van der Waals surface area (Å²) in [4.78, 5) is 6.87. The molecule has 1 aliphatic heterocycles. The quantitative estimate of drug-likeness (QED) is 0.812. The minimum absolute atomic E-state index is 0.275. The van der Waals surface area contributed by atoms with Crippen LogP contribution < -0.4 is 10.6 Å². The monoisotopic (exact) mass is 235 g/mol. The predicted molar refractivity (Wildman–Crippen MR) is 67.0 cm³/mol. The molecule has 1 saturated heterocycles. The van der Waals surface area contributed by atoms with Crippen LogP contribution in [0.5, 0.6) is 0 Å². The Morgan fingerprint density at radius 3 is 2.76 bits per heavy atom. The van der Waals surface area contributed by atoms with Crippen molar-refractivity contribution in [2.45, 2.75) is 50.5 Å². The molecule has 1 aromatic heterocycles. The van der Waals surface area contributed by atoms with Crippen LogP contribution in [-0.2, 0) is 0 Å². The number of nitrogens with one attached hydrogen (secondary N) is 1. The third-order valence-corrected chi connectivity index (χ3v) is 3.97. The second kappa shape index (κ2) is 4.64. The molecule has 1 unspecified atom stereocenters. The zero-order valence-corrected chi connectivity index (χ0v) is 10.2. The first-order chi connectivity index (χ1) is 8.33. The average Bonchev–Trinajstić information content (AvgIpc) is 3.00. The summed E-state index contributed by atoms with van der Waals surface area (Å²) in [5.74, 6) is 2.54. The number of aromatic nitrogens is 3. The topological polar surface area (TPSA) is 70.8 Å². The van der Waals surface area contributed by atoms with Gasteiger partial charge in [0.25, 0.3) is 0 Å². The first kappa shape index (κ1) is 11.0. The van der Waals surface area contributed by atoms with Crippen LogP contribution in [0.15, 0.2) is 0 Å². The van der Waals surface area contributed by atoms with E-state index in [1.54, 1.807) is 0 Å². The van der Waals surface area contributed by atoms with Crippen LogP contribution in [-0.4, -0.2) is 34.3 Å². The van der Waals surface area contributed by atoms with Crippen molar-refractivity contribution in [3.05, 3.63) is 5.82 Å². The molecule has 2 heterocycles. The van der Waals surface area contributed by atoms with Crippen LogP contribution >= 0.6 is 0 Å². The molecule has 3 N–H and O–H groups in total. The minimum atomic E-state index is 0.275. The van der Waals surface area contributed by atoms with Gasteiger partial charge in [0.15, 0.2) is 0 Å². The number of anilines is 1. The number of aromatic amines is 1. The van der Waals surface area contributed by atoms with Gasteiger partial charge in [0.2, 0.25) is 5.95 Å². The molecular formula is C12H21N5. The third kappa shape index (κ3) is 2.29. The molecule has 0 amide bonds. The highest BCUT2D eigenvalue weighted by atomic mass is 15.4. The van der Waals surface area contributed by atoms with E-state index in [9.17, 15) is 0 Å². The van der Waals surface area contributed by atoms with E-state index in [1.165, 1.54) is 25.7 Å². The van der Waals surface area contributed by atoms with Crippen molar-refractivity contribution in [1.29, 1.82) is 0 Å². The minimum Gasteiger partial charge on any atom is -0.338 e. The molecule has 0 radical (unpaired) electrons. The molecule has 5 nitrogen and oxygen atoms in total. The van der Waals surface area contributed by atoms with E-state index in [0.717, 1.165) is 37.7 Å². The normalized spacial score (nSPS) is 26.6. The molecule has 0 aromatic carbocycles. The lowest BCUT2D eigenvalue weighted by atomic mass is 10.1. The summed E-state index contributed by atoms with van der Waals surface area (Å²) < 4.78 is 0. The van der Waals surface area contributed by atoms with Crippen molar-refractivity contribution >= 4 is 5.95 Å². The number of nitrogens with two attached hydrogens (primary N) is 1. The number of piperidine rings is 1. The molecule has 5 heteroatoms. The van der Waals surface area contributed by atoms with Crippen LogP contribution in [0.4, 0.5) is 5.95 Å². The summed E-state index contributed by atoms with van der Waals surface area (Å²) in [5.41, 5.74) is 5.98. The third-order valence-electron chi connectivity index (χ3n) is 3.97. The van der Waals surface area contributed by atoms with Crippen LogP contribution in [0.2, 0.25) is 0 Å². The number of rotatable bonds is 2. The van der Waals surface area contributed by atoms with E-state index in [4.69, 9.17) is 5.73 Å². The van der Waals surface area contributed by atoms with Gasteiger partial charge in [-0.1, -0.05) is 12.8 Å². The van der Waals surface area contributed by atoms with E-state index in [-0.39, 0.29) is 6.04 Å². The van der Waals surface area contributed by atoms with Crippen LogP contribution in [0.1, 0.15) is 50.3 Å². The Morgan fingerprint density at radius 1 is 1.18 bits per heavy atom. The first-order valence-corrected chi connectivity index (χ1v) is 6.76. The maximum atomic E-state index is 5.98. The first-order valence-electron chi connectivity index (χ1n) is 6.76. The summed E-state index contributed by atoms with van der Waals surface area (Å²) in [7, 11) is 0. The van der Waals surface area contributed by atoms with E-state index in [2.05, 4.69) is 20.1 Å². The molecule has 2 fully saturated rings. The maximum absolute atomic E-state index is 5.98. The number of nitrogens with zero attached hydrogens (tertiary/aromatic N) is 3. The summed E-state index contributed by atoms with van der Waals surface area (Å²) >= 11 is 0. The fourth-order valence-electron chi connectivity index (χ4n) is 2.98. The van der Waals surface area contributed by atoms with Gasteiger partial charge in [-0.25, -0.2) is 0 Å². The van der Waals surface area contributed by atoms with Crippen LogP contribution in [0, 0.1) is 0 Å². The summed E-state index contributed by atoms with van der Waals surface area (Å²) in [6.07, 6.45) is 7.44. The Balaban J connectivity index is 1.70. The SMILES string of the molecule is NC1CCCN(c2n[nH]c(C3CCCC3)n2)C1. The van der Waals surface area contributed by atoms with Crippen molar-refractivity contribution in [3.8, 4) is 0 Å². The highest BCUT2D eigenvalue weighted by molar-refractivity contribution is 5.30. The number of hydrogen-bond donors (Lipinski definition) is 2. The Morgan fingerprint density at radius 2 is 2.00 bits per heavy atom. The molecule has 0 bridgehead atoms. The van der Waals surface area contributed by atoms with Crippen molar-refractivity contribution in [2.24, 2.45) is 5.73 Å². The number of H-pyrrole nitrogens is 1. The van der Waals surface area contributed by atoms with E-state index in [1.807, 2.05) is 0 Å². The largest absolute Gasteiger partial charge is 0.338 e. The van der Waals surface area contributed by atoms with Gasteiger partial charge in [0.1, 0.15) is 5.82 Å². The molecule has 0 spiro atoms. The van der Waals surface area contributed by atoms with Crippen molar-refractivity contribution < 1.29 is 0 Å². The molecule has 1 aromatic rings. The van der Waals surface area contributed by atoms with Gasteiger partial charge in [0, 0.05) is 25.0 Å². The van der Waals surface area contributed by atoms with Gasteiger partial charge >= 0.3 is 0 Å². The Hall–Kier alpha value is -1.10. The van der Waals surface area contributed by atoms with Crippen molar-refractivity contribution in [1.82, 2.24) is 15.2 Å². The van der Waals surface area contributed by atoms with E-state index < -0.39 is 0 Å². The summed E-state index contributed by atoms with van der Waals surface area (Å²) in [6, 6.07) is 0.275. The summed E-state index contributed by atoms with van der Waals surface area (Å²) in [5, 5.41) is 7.47.